The molecule has 3 heterocycles. The summed E-state index contributed by atoms with van der Waals surface area (Å²) in [5, 5.41) is 7.07. The number of benzene rings is 2. The van der Waals surface area contributed by atoms with E-state index in [1.165, 1.54) is 0 Å². The van der Waals surface area contributed by atoms with Crippen molar-refractivity contribution in [3.8, 4) is 0 Å². The molecule has 0 aliphatic carbocycles. The quantitative estimate of drug-likeness (QED) is 0.751. The molecule has 1 saturated heterocycles. The molecule has 5 rings (SSSR count). The normalized spacial score (nSPS) is 24.2. The summed E-state index contributed by atoms with van der Waals surface area (Å²) in [5.41, 5.74) is 2.15. The minimum absolute atomic E-state index is 0.0125. The molecular formula is C20H17N3O2S. The van der Waals surface area contributed by atoms with Crippen LogP contribution in [0.15, 0.2) is 48.5 Å². The fourth-order valence-corrected chi connectivity index (χ4v) is 5.01. The van der Waals surface area contributed by atoms with E-state index in [0.717, 1.165) is 26.5 Å². The second-order valence-electron chi connectivity index (χ2n) is 6.94. The van der Waals surface area contributed by atoms with Crippen molar-refractivity contribution in [2.45, 2.75) is 24.3 Å². The van der Waals surface area contributed by atoms with Crippen LogP contribution in [-0.4, -0.2) is 29.3 Å². The Kier molecular flexibility index (Phi) is 3.45. The predicted octanol–water partition coefficient (Wildman–Crippen LogP) is 2.66. The Morgan fingerprint density at radius 2 is 2.00 bits per heavy atom. The molecule has 6 heteroatoms. The molecule has 2 aromatic carbocycles. The van der Waals surface area contributed by atoms with Crippen LogP contribution >= 0.6 is 11.3 Å². The van der Waals surface area contributed by atoms with Crippen molar-refractivity contribution in [2.24, 2.45) is 0 Å². The van der Waals surface area contributed by atoms with Gasteiger partial charge in [0.05, 0.1) is 28.1 Å². The predicted molar refractivity (Wildman–Crippen MR) is 101 cm³/mol. The molecule has 2 aliphatic heterocycles. The van der Waals surface area contributed by atoms with Gasteiger partial charge in [0.2, 0.25) is 5.91 Å². The minimum atomic E-state index is -0.634. The van der Waals surface area contributed by atoms with Crippen molar-refractivity contribution in [3.05, 3.63) is 59.1 Å². The van der Waals surface area contributed by atoms with Gasteiger partial charge in [0.1, 0.15) is 5.01 Å². The zero-order valence-electron chi connectivity index (χ0n) is 14.0. The maximum absolute atomic E-state index is 12.8. The monoisotopic (exact) mass is 363 g/mol. The standard InChI is InChI=1S/C20H17N3O2S/c24-16(9-18-22-14-7-3-4-8-17(14)26-18)15-10-20(11-21-15)12-5-1-2-6-13(12)23-19(20)25/h1-8,15,21H,9-11H2,(H,23,25)/t15?,20-/m0/s1. The molecule has 1 amide bonds. The number of carbonyl (C=O) groups excluding carboxylic acids is 2. The molecule has 130 valence electrons. The van der Waals surface area contributed by atoms with Crippen molar-refractivity contribution in [3.63, 3.8) is 0 Å². The van der Waals surface area contributed by atoms with E-state index in [1.807, 2.05) is 48.5 Å². The van der Waals surface area contributed by atoms with Crippen molar-refractivity contribution in [1.29, 1.82) is 0 Å². The summed E-state index contributed by atoms with van der Waals surface area (Å²) in [7, 11) is 0. The molecule has 26 heavy (non-hydrogen) atoms. The highest BCUT2D eigenvalue weighted by molar-refractivity contribution is 7.18. The summed E-state index contributed by atoms with van der Waals surface area (Å²) in [5.74, 6) is 0.0830. The third-order valence-corrected chi connectivity index (χ3v) is 6.42. The van der Waals surface area contributed by atoms with Crippen LogP contribution in [0.4, 0.5) is 5.69 Å². The lowest BCUT2D eigenvalue weighted by atomic mass is 9.79. The van der Waals surface area contributed by atoms with Crippen molar-refractivity contribution >= 4 is 38.9 Å². The molecule has 2 aliphatic rings. The van der Waals surface area contributed by atoms with E-state index in [2.05, 4.69) is 15.6 Å². The first kappa shape index (κ1) is 15.7. The number of hydrogen-bond acceptors (Lipinski definition) is 5. The molecule has 3 aromatic rings. The Balaban J connectivity index is 1.37. The van der Waals surface area contributed by atoms with Crippen LogP contribution in [0.2, 0.25) is 0 Å². The topological polar surface area (TPSA) is 71.1 Å². The van der Waals surface area contributed by atoms with E-state index in [0.29, 0.717) is 19.4 Å². The Labute approximate surface area is 154 Å². The Morgan fingerprint density at radius 3 is 2.88 bits per heavy atom. The summed E-state index contributed by atoms with van der Waals surface area (Å²) in [6.45, 7) is 0.492. The van der Waals surface area contributed by atoms with E-state index in [9.17, 15) is 9.59 Å². The van der Waals surface area contributed by atoms with Crippen molar-refractivity contribution in [2.75, 3.05) is 11.9 Å². The lowest BCUT2D eigenvalue weighted by Crippen LogP contribution is -2.36. The number of fused-ring (bicyclic) bond motifs is 3. The van der Waals surface area contributed by atoms with E-state index >= 15 is 0 Å². The van der Waals surface area contributed by atoms with Gasteiger partial charge in [-0.25, -0.2) is 4.98 Å². The first-order chi connectivity index (χ1) is 12.7. The zero-order valence-corrected chi connectivity index (χ0v) is 14.8. The van der Waals surface area contributed by atoms with Gasteiger partial charge >= 0.3 is 0 Å². The molecule has 2 atom stereocenters. The Bertz CT molecular complexity index is 1010. The molecule has 1 unspecified atom stereocenters. The van der Waals surface area contributed by atoms with Gasteiger partial charge in [-0.05, 0) is 30.2 Å². The number of rotatable bonds is 3. The number of thiazole rings is 1. The molecule has 0 saturated carbocycles. The summed E-state index contributed by atoms with van der Waals surface area (Å²) in [6, 6.07) is 15.3. The summed E-state index contributed by atoms with van der Waals surface area (Å²) in [4.78, 5) is 30.0. The van der Waals surface area contributed by atoms with Gasteiger partial charge < -0.3 is 10.6 Å². The van der Waals surface area contributed by atoms with Crippen LogP contribution in [-0.2, 0) is 21.4 Å². The second-order valence-corrected chi connectivity index (χ2v) is 8.05. The summed E-state index contributed by atoms with van der Waals surface area (Å²) < 4.78 is 1.09. The van der Waals surface area contributed by atoms with Gasteiger partial charge in [-0.3, -0.25) is 9.59 Å². The molecule has 5 nitrogen and oxygen atoms in total. The van der Waals surface area contributed by atoms with Crippen LogP contribution in [0.25, 0.3) is 10.2 Å². The second kappa shape index (κ2) is 5.72. The molecule has 1 spiro atoms. The van der Waals surface area contributed by atoms with Gasteiger partial charge in [0.15, 0.2) is 5.78 Å². The van der Waals surface area contributed by atoms with Crippen molar-refractivity contribution < 1.29 is 9.59 Å². The minimum Gasteiger partial charge on any atom is -0.325 e. The van der Waals surface area contributed by atoms with Gasteiger partial charge in [0, 0.05) is 12.2 Å². The third-order valence-electron chi connectivity index (χ3n) is 5.38. The molecule has 1 aromatic heterocycles. The van der Waals surface area contributed by atoms with Crippen LogP contribution in [0.1, 0.15) is 17.0 Å². The highest BCUT2D eigenvalue weighted by atomic mass is 32.1. The number of anilines is 1. The van der Waals surface area contributed by atoms with E-state index in [-0.39, 0.29) is 17.7 Å². The highest BCUT2D eigenvalue weighted by Crippen LogP contribution is 2.43. The van der Waals surface area contributed by atoms with E-state index in [1.54, 1.807) is 11.3 Å². The number of hydrogen-bond donors (Lipinski definition) is 2. The van der Waals surface area contributed by atoms with Gasteiger partial charge in [0.25, 0.3) is 0 Å². The summed E-state index contributed by atoms with van der Waals surface area (Å²) in [6.07, 6.45) is 0.802. The zero-order chi connectivity index (χ0) is 17.7. The average Bonchev–Trinajstić information content (AvgIpc) is 3.33. The summed E-state index contributed by atoms with van der Waals surface area (Å²) >= 11 is 1.56. The first-order valence-corrected chi connectivity index (χ1v) is 9.49. The maximum atomic E-state index is 12.8. The molecule has 2 N–H and O–H groups in total. The van der Waals surface area contributed by atoms with E-state index in [4.69, 9.17) is 0 Å². The average molecular weight is 363 g/mol. The fraction of sp³-hybridized carbons (Fsp3) is 0.250. The number of para-hydroxylation sites is 2. The SMILES string of the molecule is O=C(Cc1nc2ccccc2s1)C1C[C@@]2(CN1)C(=O)Nc1ccccc12. The van der Waals surface area contributed by atoms with Gasteiger partial charge in [-0.2, -0.15) is 0 Å². The highest BCUT2D eigenvalue weighted by Gasteiger charge is 2.52. The number of nitrogens with zero attached hydrogens (tertiary/aromatic N) is 1. The molecule has 0 bridgehead atoms. The smallest absolute Gasteiger partial charge is 0.236 e. The fourth-order valence-electron chi connectivity index (χ4n) is 4.04. The lowest BCUT2D eigenvalue weighted by molar-refractivity contribution is -0.121. The number of Topliss-reactive ketones (excluding diaryl/α,β-unsaturated/α-hetero) is 1. The number of ketones is 1. The number of amides is 1. The van der Waals surface area contributed by atoms with Gasteiger partial charge in [-0.15, -0.1) is 11.3 Å². The number of aromatic nitrogens is 1. The van der Waals surface area contributed by atoms with Crippen molar-refractivity contribution in [1.82, 2.24) is 10.3 Å². The van der Waals surface area contributed by atoms with Crippen LogP contribution < -0.4 is 10.6 Å². The molecule has 1 fully saturated rings. The third kappa shape index (κ3) is 2.29. The number of nitrogens with one attached hydrogen (secondary N) is 2. The molecular weight excluding hydrogens is 346 g/mol. The van der Waals surface area contributed by atoms with E-state index < -0.39 is 5.41 Å². The maximum Gasteiger partial charge on any atom is 0.236 e. The number of carbonyl (C=O) groups is 2. The van der Waals surface area contributed by atoms with Crippen LogP contribution in [0, 0.1) is 0 Å². The van der Waals surface area contributed by atoms with Gasteiger partial charge in [-0.1, -0.05) is 30.3 Å². The molecule has 0 radical (unpaired) electrons. The lowest BCUT2D eigenvalue weighted by Gasteiger charge is -2.20. The Morgan fingerprint density at radius 1 is 1.19 bits per heavy atom. The first-order valence-electron chi connectivity index (χ1n) is 8.67. The van der Waals surface area contributed by atoms with Crippen LogP contribution in [0.5, 0.6) is 0 Å². The largest absolute Gasteiger partial charge is 0.325 e. The van der Waals surface area contributed by atoms with Crippen LogP contribution in [0.3, 0.4) is 0 Å². The Hall–Kier alpha value is -2.57.